The van der Waals surface area contributed by atoms with Gasteiger partial charge < -0.3 is 15.2 Å². The Morgan fingerprint density at radius 3 is 2.21 bits per heavy atom. The number of nitrogens with two attached hydrogens (primary N) is 1. The Labute approximate surface area is 115 Å². The first-order valence-corrected chi connectivity index (χ1v) is 7.07. The second-order valence-electron chi connectivity index (χ2n) is 6.84. The fourth-order valence-corrected chi connectivity index (χ4v) is 2.78. The fraction of sp³-hybridized carbons (Fsp3) is 0.625. The van der Waals surface area contributed by atoms with E-state index >= 15 is 0 Å². The molecule has 0 spiro atoms. The molecule has 2 aliphatic rings. The smallest absolute Gasteiger partial charge is 0.161 e. The molecule has 3 nitrogen and oxygen atoms in total. The van der Waals surface area contributed by atoms with Crippen molar-refractivity contribution in [2.45, 2.75) is 39.0 Å². The van der Waals surface area contributed by atoms with E-state index < -0.39 is 0 Å². The van der Waals surface area contributed by atoms with Gasteiger partial charge in [-0.15, -0.1) is 0 Å². The Balaban J connectivity index is 1.98. The summed E-state index contributed by atoms with van der Waals surface area (Å²) in [5, 5.41) is 0. The summed E-state index contributed by atoms with van der Waals surface area (Å²) in [4.78, 5) is 0. The first-order chi connectivity index (χ1) is 8.96. The van der Waals surface area contributed by atoms with E-state index in [-0.39, 0.29) is 10.8 Å². The quantitative estimate of drug-likeness (QED) is 0.890. The maximum Gasteiger partial charge on any atom is 0.161 e. The van der Waals surface area contributed by atoms with Crippen LogP contribution in [0.15, 0.2) is 12.1 Å². The lowest BCUT2D eigenvalue weighted by atomic mass is 9.91. The fourth-order valence-electron chi connectivity index (χ4n) is 2.78. The van der Waals surface area contributed by atoms with Gasteiger partial charge in [-0.05, 0) is 43.0 Å². The maximum absolute atomic E-state index is 5.96. The first-order valence-electron chi connectivity index (χ1n) is 7.07. The van der Waals surface area contributed by atoms with Gasteiger partial charge >= 0.3 is 0 Å². The van der Waals surface area contributed by atoms with Crippen LogP contribution < -0.4 is 15.2 Å². The van der Waals surface area contributed by atoms with Crippen LogP contribution in [0.25, 0.3) is 0 Å². The topological polar surface area (TPSA) is 44.5 Å². The van der Waals surface area contributed by atoms with Crippen LogP contribution in [0.4, 0.5) is 0 Å². The van der Waals surface area contributed by atoms with E-state index in [2.05, 4.69) is 32.9 Å². The Kier molecular flexibility index (Phi) is 2.79. The molecule has 0 saturated heterocycles. The van der Waals surface area contributed by atoms with Crippen LogP contribution in [-0.4, -0.2) is 19.8 Å². The van der Waals surface area contributed by atoms with Crippen molar-refractivity contribution in [2.24, 2.45) is 11.1 Å². The SMILES string of the molecule is Cc1cc2c(cc1C1(CN)CC1)OCC(C)(C)CO2. The van der Waals surface area contributed by atoms with Gasteiger partial charge in [-0.1, -0.05) is 13.8 Å². The van der Waals surface area contributed by atoms with Crippen LogP contribution in [0.3, 0.4) is 0 Å². The van der Waals surface area contributed by atoms with Gasteiger partial charge in [0.1, 0.15) is 0 Å². The number of ether oxygens (including phenoxy) is 2. The predicted molar refractivity (Wildman–Crippen MR) is 75.9 cm³/mol. The van der Waals surface area contributed by atoms with Gasteiger partial charge in [0, 0.05) is 17.4 Å². The molecular weight excluding hydrogens is 238 g/mol. The second kappa shape index (κ2) is 4.14. The molecule has 0 unspecified atom stereocenters. The second-order valence-corrected chi connectivity index (χ2v) is 6.84. The Morgan fingerprint density at radius 2 is 1.68 bits per heavy atom. The molecule has 0 amide bonds. The van der Waals surface area contributed by atoms with Crippen molar-refractivity contribution in [3.8, 4) is 11.5 Å². The average molecular weight is 261 g/mol. The van der Waals surface area contributed by atoms with Gasteiger partial charge in [0.25, 0.3) is 0 Å². The summed E-state index contributed by atoms with van der Waals surface area (Å²) in [5.74, 6) is 1.76. The summed E-state index contributed by atoms with van der Waals surface area (Å²) in [6.07, 6.45) is 2.38. The van der Waals surface area contributed by atoms with Crippen LogP contribution >= 0.6 is 0 Å². The predicted octanol–water partition coefficient (Wildman–Crippen LogP) is 2.78. The standard InChI is InChI=1S/C16H23NO2/c1-11-6-13-14(19-10-15(2,3)9-18-13)7-12(11)16(8-17)4-5-16/h6-7H,4-5,8-10,17H2,1-3H3. The molecule has 1 heterocycles. The number of benzene rings is 1. The molecule has 0 atom stereocenters. The summed E-state index contributed by atoms with van der Waals surface area (Å²) in [6, 6.07) is 4.27. The Morgan fingerprint density at radius 1 is 1.11 bits per heavy atom. The van der Waals surface area contributed by atoms with Crippen molar-refractivity contribution in [1.82, 2.24) is 0 Å². The van der Waals surface area contributed by atoms with E-state index in [0.717, 1.165) is 18.0 Å². The monoisotopic (exact) mass is 261 g/mol. The lowest BCUT2D eigenvalue weighted by Crippen LogP contribution is -2.26. The molecule has 1 aliphatic heterocycles. The highest BCUT2D eigenvalue weighted by atomic mass is 16.5. The molecule has 0 radical (unpaired) electrons. The van der Waals surface area contributed by atoms with Crippen molar-refractivity contribution in [3.05, 3.63) is 23.3 Å². The molecule has 1 saturated carbocycles. The Hall–Kier alpha value is -1.22. The molecule has 2 N–H and O–H groups in total. The summed E-state index contributed by atoms with van der Waals surface area (Å²) < 4.78 is 11.9. The van der Waals surface area contributed by atoms with Crippen LogP contribution in [-0.2, 0) is 5.41 Å². The minimum absolute atomic E-state index is 0.0538. The minimum Gasteiger partial charge on any atom is -0.489 e. The zero-order valence-corrected chi connectivity index (χ0v) is 12.1. The highest BCUT2D eigenvalue weighted by Crippen LogP contribution is 2.50. The Bertz CT molecular complexity index is 504. The lowest BCUT2D eigenvalue weighted by Gasteiger charge is -2.19. The van der Waals surface area contributed by atoms with Crippen LogP contribution in [0.1, 0.15) is 37.8 Å². The van der Waals surface area contributed by atoms with Crippen LogP contribution in [0, 0.1) is 12.3 Å². The zero-order chi connectivity index (χ0) is 13.7. The molecule has 104 valence electrons. The van der Waals surface area contributed by atoms with E-state index in [1.54, 1.807) is 0 Å². The zero-order valence-electron chi connectivity index (χ0n) is 12.1. The average Bonchev–Trinajstić information content (AvgIpc) is 3.16. The van der Waals surface area contributed by atoms with E-state index in [4.69, 9.17) is 15.2 Å². The summed E-state index contributed by atoms with van der Waals surface area (Å²) in [6.45, 7) is 8.58. The number of fused-ring (bicyclic) bond motifs is 1. The van der Waals surface area contributed by atoms with E-state index in [1.807, 2.05) is 0 Å². The summed E-state index contributed by atoms with van der Waals surface area (Å²) >= 11 is 0. The van der Waals surface area contributed by atoms with E-state index in [9.17, 15) is 0 Å². The molecule has 1 fully saturated rings. The van der Waals surface area contributed by atoms with Gasteiger partial charge in [0.05, 0.1) is 13.2 Å². The van der Waals surface area contributed by atoms with Gasteiger partial charge in [-0.3, -0.25) is 0 Å². The molecule has 0 aromatic heterocycles. The lowest BCUT2D eigenvalue weighted by molar-refractivity contribution is 0.140. The minimum atomic E-state index is 0.0538. The molecule has 3 rings (SSSR count). The molecule has 0 bridgehead atoms. The van der Waals surface area contributed by atoms with Crippen LogP contribution in [0.5, 0.6) is 11.5 Å². The highest BCUT2D eigenvalue weighted by molar-refractivity contribution is 5.51. The molecular formula is C16H23NO2. The van der Waals surface area contributed by atoms with Crippen molar-refractivity contribution in [1.29, 1.82) is 0 Å². The first kappa shape index (κ1) is 12.8. The van der Waals surface area contributed by atoms with Crippen LogP contribution in [0.2, 0.25) is 0 Å². The highest BCUT2D eigenvalue weighted by Gasteiger charge is 2.44. The third-order valence-electron chi connectivity index (χ3n) is 4.34. The van der Waals surface area contributed by atoms with Crippen molar-refractivity contribution in [3.63, 3.8) is 0 Å². The largest absolute Gasteiger partial charge is 0.489 e. The van der Waals surface area contributed by atoms with Gasteiger partial charge in [-0.25, -0.2) is 0 Å². The van der Waals surface area contributed by atoms with Crippen molar-refractivity contribution in [2.75, 3.05) is 19.8 Å². The number of hydrogen-bond acceptors (Lipinski definition) is 3. The van der Waals surface area contributed by atoms with Gasteiger partial charge in [0.15, 0.2) is 11.5 Å². The third-order valence-corrected chi connectivity index (χ3v) is 4.34. The molecule has 1 aromatic carbocycles. The molecule has 1 aliphatic carbocycles. The number of hydrogen-bond donors (Lipinski definition) is 1. The van der Waals surface area contributed by atoms with E-state index in [0.29, 0.717) is 13.2 Å². The number of rotatable bonds is 2. The summed E-state index contributed by atoms with van der Waals surface area (Å²) in [7, 11) is 0. The van der Waals surface area contributed by atoms with Crippen molar-refractivity contribution >= 4 is 0 Å². The molecule has 19 heavy (non-hydrogen) atoms. The maximum atomic E-state index is 5.96. The van der Waals surface area contributed by atoms with Gasteiger partial charge in [-0.2, -0.15) is 0 Å². The normalized spacial score (nSPS) is 22.7. The molecule has 1 aromatic rings. The summed E-state index contributed by atoms with van der Waals surface area (Å²) in [5.41, 5.74) is 8.81. The van der Waals surface area contributed by atoms with Crippen molar-refractivity contribution < 1.29 is 9.47 Å². The third kappa shape index (κ3) is 2.20. The molecule has 3 heteroatoms. The van der Waals surface area contributed by atoms with Gasteiger partial charge in [0.2, 0.25) is 0 Å². The van der Waals surface area contributed by atoms with E-state index in [1.165, 1.54) is 24.0 Å². The number of aryl methyl sites for hydroxylation is 1.